The van der Waals surface area contributed by atoms with Crippen molar-refractivity contribution in [1.29, 1.82) is 0 Å². The van der Waals surface area contributed by atoms with Crippen molar-refractivity contribution in [2.45, 2.75) is 51.6 Å². The molecule has 1 aliphatic carbocycles. The molecule has 2 nitrogen and oxygen atoms in total. The Hall–Kier alpha value is -1.64. The number of hydrogen-bond acceptors (Lipinski definition) is 1. The monoisotopic (exact) mass is 289 g/mol. The standard InChI is InChI=1S/C18H24FNO/c1-17(2,3)13-8-10-15(11-9-13)20-16(21)7-5-6-14-12-18(14,4)19/h5,7-11,14H,6,12H2,1-4H3,(H,20,21)/b7-5+. The number of allylic oxidation sites excluding steroid dienone is 1. The van der Waals surface area contributed by atoms with E-state index in [0.29, 0.717) is 12.8 Å². The lowest BCUT2D eigenvalue weighted by Gasteiger charge is -2.19. The van der Waals surface area contributed by atoms with Crippen LogP contribution in [-0.4, -0.2) is 11.6 Å². The van der Waals surface area contributed by atoms with Gasteiger partial charge in [0.05, 0.1) is 0 Å². The van der Waals surface area contributed by atoms with Crippen LogP contribution in [0.2, 0.25) is 0 Å². The zero-order chi connectivity index (χ0) is 15.7. The summed E-state index contributed by atoms with van der Waals surface area (Å²) in [6.07, 6.45) is 4.48. The molecule has 1 N–H and O–H groups in total. The first-order chi connectivity index (χ1) is 9.68. The molecule has 1 amide bonds. The Bertz CT molecular complexity index is 537. The molecular weight excluding hydrogens is 265 g/mol. The van der Waals surface area contributed by atoms with Crippen LogP contribution in [-0.2, 0) is 10.2 Å². The maximum absolute atomic E-state index is 13.3. The summed E-state index contributed by atoms with van der Waals surface area (Å²) < 4.78 is 13.3. The average molecular weight is 289 g/mol. The number of benzene rings is 1. The third-order valence-corrected chi connectivity index (χ3v) is 4.04. The Morgan fingerprint density at radius 3 is 2.43 bits per heavy atom. The Morgan fingerprint density at radius 1 is 1.38 bits per heavy atom. The molecule has 1 aromatic rings. The third kappa shape index (κ3) is 4.42. The predicted octanol–water partition coefficient (Wildman–Crippen LogP) is 4.62. The minimum absolute atomic E-state index is 0.0765. The summed E-state index contributed by atoms with van der Waals surface area (Å²) in [6, 6.07) is 7.87. The number of carbonyl (C=O) groups is 1. The number of anilines is 1. The summed E-state index contributed by atoms with van der Waals surface area (Å²) in [7, 11) is 0. The summed E-state index contributed by atoms with van der Waals surface area (Å²) in [5, 5.41) is 2.82. The molecule has 0 radical (unpaired) electrons. The second-order valence-electron chi connectivity index (χ2n) is 7.13. The molecule has 2 atom stereocenters. The average Bonchev–Trinajstić information content (AvgIpc) is 2.96. The molecule has 0 saturated heterocycles. The number of hydrogen-bond donors (Lipinski definition) is 1. The molecule has 0 aromatic heterocycles. The molecule has 0 bridgehead atoms. The Balaban J connectivity index is 1.84. The molecule has 1 aliphatic rings. The van der Waals surface area contributed by atoms with Crippen molar-refractivity contribution in [3.63, 3.8) is 0 Å². The van der Waals surface area contributed by atoms with E-state index in [-0.39, 0.29) is 17.2 Å². The van der Waals surface area contributed by atoms with Crippen LogP contribution in [0.4, 0.5) is 10.1 Å². The van der Waals surface area contributed by atoms with E-state index >= 15 is 0 Å². The van der Waals surface area contributed by atoms with Crippen LogP contribution in [0.5, 0.6) is 0 Å². The normalized spacial score (nSPS) is 25.1. The van der Waals surface area contributed by atoms with E-state index in [1.807, 2.05) is 24.3 Å². The van der Waals surface area contributed by atoms with Crippen LogP contribution in [0.15, 0.2) is 36.4 Å². The number of rotatable bonds is 4. The summed E-state index contributed by atoms with van der Waals surface area (Å²) in [4.78, 5) is 11.8. The van der Waals surface area contributed by atoms with E-state index in [1.165, 1.54) is 11.6 Å². The van der Waals surface area contributed by atoms with Gasteiger partial charge in [0.1, 0.15) is 5.67 Å². The maximum atomic E-state index is 13.3. The summed E-state index contributed by atoms with van der Waals surface area (Å²) in [5.74, 6) is -0.0904. The molecule has 1 fully saturated rings. The number of alkyl halides is 1. The van der Waals surface area contributed by atoms with Crippen LogP contribution in [0.1, 0.15) is 46.1 Å². The highest BCUT2D eigenvalue weighted by Gasteiger charge is 2.49. The lowest BCUT2D eigenvalue weighted by atomic mass is 9.87. The third-order valence-electron chi connectivity index (χ3n) is 4.04. The van der Waals surface area contributed by atoms with Gasteiger partial charge in [-0.1, -0.05) is 39.0 Å². The van der Waals surface area contributed by atoms with Gasteiger partial charge in [-0.05, 0) is 54.9 Å². The molecule has 2 unspecified atom stereocenters. The zero-order valence-electron chi connectivity index (χ0n) is 13.2. The quantitative estimate of drug-likeness (QED) is 0.805. The fourth-order valence-corrected chi connectivity index (χ4v) is 2.33. The number of carbonyl (C=O) groups excluding carboxylic acids is 1. The predicted molar refractivity (Wildman–Crippen MR) is 85.1 cm³/mol. The minimum atomic E-state index is -1.02. The van der Waals surface area contributed by atoms with Gasteiger partial charge in [-0.15, -0.1) is 0 Å². The molecule has 1 aromatic carbocycles. The fourth-order valence-electron chi connectivity index (χ4n) is 2.33. The van der Waals surface area contributed by atoms with E-state index in [0.717, 1.165) is 5.69 Å². The first-order valence-corrected chi connectivity index (χ1v) is 7.45. The highest BCUT2D eigenvalue weighted by Crippen LogP contribution is 2.49. The van der Waals surface area contributed by atoms with Gasteiger partial charge in [0.15, 0.2) is 0 Å². The highest BCUT2D eigenvalue weighted by atomic mass is 19.1. The molecule has 2 rings (SSSR count). The zero-order valence-corrected chi connectivity index (χ0v) is 13.2. The molecule has 21 heavy (non-hydrogen) atoms. The van der Waals surface area contributed by atoms with Crippen LogP contribution in [0.3, 0.4) is 0 Å². The van der Waals surface area contributed by atoms with Crippen LogP contribution < -0.4 is 5.32 Å². The van der Waals surface area contributed by atoms with Gasteiger partial charge >= 0.3 is 0 Å². The first-order valence-electron chi connectivity index (χ1n) is 7.45. The number of nitrogens with one attached hydrogen (secondary N) is 1. The highest BCUT2D eigenvalue weighted by molar-refractivity contribution is 5.99. The van der Waals surface area contributed by atoms with Gasteiger partial charge in [-0.3, -0.25) is 4.79 Å². The first kappa shape index (κ1) is 15.7. The largest absolute Gasteiger partial charge is 0.323 e. The summed E-state index contributed by atoms with van der Waals surface area (Å²) in [6.45, 7) is 8.07. The summed E-state index contributed by atoms with van der Waals surface area (Å²) in [5.41, 5.74) is 1.08. The lowest BCUT2D eigenvalue weighted by Crippen LogP contribution is -2.12. The van der Waals surface area contributed by atoms with Gasteiger partial charge in [0.25, 0.3) is 0 Å². The second kappa shape index (κ2) is 5.63. The lowest BCUT2D eigenvalue weighted by molar-refractivity contribution is -0.111. The van der Waals surface area contributed by atoms with Gasteiger partial charge in [0.2, 0.25) is 5.91 Å². The second-order valence-corrected chi connectivity index (χ2v) is 7.13. The fraction of sp³-hybridized carbons (Fsp3) is 0.500. The van der Waals surface area contributed by atoms with Gasteiger partial charge in [0, 0.05) is 5.69 Å². The van der Waals surface area contributed by atoms with Crippen LogP contribution in [0.25, 0.3) is 0 Å². The Kier molecular flexibility index (Phi) is 4.22. The van der Waals surface area contributed by atoms with Crippen molar-refractivity contribution < 1.29 is 9.18 Å². The number of amides is 1. The van der Waals surface area contributed by atoms with E-state index in [2.05, 4.69) is 26.1 Å². The van der Waals surface area contributed by atoms with E-state index in [4.69, 9.17) is 0 Å². The number of halogens is 1. The van der Waals surface area contributed by atoms with Gasteiger partial charge < -0.3 is 5.32 Å². The maximum Gasteiger partial charge on any atom is 0.248 e. The molecule has 0 heterocycles. The van der Waals surface area contributed by atoms with E-state index in [1.54, 1.807) is 13.0 Å². The van der Waals surface area contributed by atoms with Crippen molar-refractivity contribution in [1.82, 2.24) is 0 Å². The van der Waals surface area contributed by atoms with Gasteiger partial charge in [-0.25, -0.2) is 4.39 Å². The molecule has 0 aliphatic heterocycles. The van der Waals surface area contributed by atoms with Crippen molar-refractivity contribution in [3.8, 4) is 0 Å². The molecule has 1 saturated carbocycles. The van der Waals surface area contributed by atoms with Crippen molar-refractivity contribution in [3.05, 3.63) is 42.0 Å². The Labute approximate surface area is 126 Å². The Morgan fingerprint density at radius 2 is 1.95 bits per heavy atom. The smallest absolute Gasteiger partial charge is 0.248 e. The van der Waals surface area contributed by atoms with E-state index in [9.17, 15) is 9.18 Å². The molecule has 114 valence electrons. The SMILES string of the molecule is CC(C)(C)c1ccc(NC(=O)/C=C/CC2CC2(C)F)cc1. The molecular formula is C18H24FNO. The van der Waals surface area contributed by atoms with E-state index < -0.39 is 5.67 Å². The molecule has 0 spiro atoms. The van der Waals surface area contributed by atoms with Crippen molar-refractivity contribution in [2.75, 3.05) is 5.32 Å². The van der Waals surface area contributed by atoms with Gasteiger partial charge in [-0.2, -0.15) is 0 Å². The summed E-state index contributed by atoms with van der Waals surface area (Å²) >= 11 is 0. The van der Waals surface area contributed by atoms with Crippen molar-refractivity contribution in [2.24, 2.45) is 5.92 Å². The van der Waals surface area contributed by atoms with Crippen LogP contribution >= 0.6 is 0 Å². The van der Waals surface area contributed by atoms with Crippen molar-refractivity contribution >= 4 is 11.6 Å². The molecule has 3 heteroatoms. The van der Waals surface area contributed by atoms with Crippen LogP contribution in [0, 0.1) is 5.92 Å². The minimum Gasteiger partial charge on any atom is -0.323 e. The topological polar surface area (TPSA) is 29.1 Å².